The molecule has 0 aliphatic rings. The van der Waals surface area contributed by atoms with Crippen LogP contribution in [-0.4, -0.2) is 30.4 Å². The first-order valence-electron chi connectivity index (χ1n) is 7.65. The predicted octanol–water partition coefficient (Wildman–Crippen LogP) is 3.69. The van der Waals surface area contributed by atoms with E-state index in [1.54, 1.807) is 16.6 Å². The zero-order valence-corrected chi connectivity index (χ0v) is 15.0. The molecule has 0 saturated carbocycles. The van der Waals surface area contributed by atoms with E-state index >= 15 is 0 Å². The van der Waals surface area contributed by atoms with Gasteiger partial charge in [-0.15, -0.1) is 11.6 Å². The van der Waals surface area contributed by atoms with E-state index in [0.29, 0.717) is 29.8 Å². The minimum Gasteiger partial charge on any atom is -0.349 e. The molecule has 0 aliphatic carbocycles. The molecule has 0 N–H and O–H groups in total. The highest BCUT2D eigenvalue weighted by Gasteiger charge is 2.26. The van der Waals surface area contributed by atoms with Crippen LogP contribution in [0.2, 0.25) is 0 Å². The number of sulfonamides is 1. The quantitative estimate of drug-likeness (QED) is 0.646. The van der Waals surface area contributed by atoms with Crippen LogP contribution in [0, 0.1) is 5.92 Å². The number of rotatable bonds is 9. The lowest BCUT2D eigenvalue weighted by Gasteiger charge is -2.22. The Kier molecular flexibility index (Phi) is 7.24. The van der Waals surface area contributed by atoms with Gasteiger partial charge in [-0.25, -0.2) is 8.42 Å². The molecule has 122 valence electrons. The molecule has 1 heterocycles. The van der Waals surface area contributed by atoms with E-state index in [2.05, 4.69) is 20.8 Å². The topological polar surface area (TPSA) is 42.3 Å². The number of aromatic nitrogens is 1. The van der Waals surface area contributed by atoms with Crippen molar-refractivity contribution in [1.29, 1.82) is 0 Å². The lowest BCUT2D eigenvalue weighted by molar-refractivity contribution is 0.361. The number of hydrogen-bond acceptors (Lipinski definition) is 2. The molecule has 0 bridgehead atoms. The number of nitrogens with zero attached hydrogens (tertiary/aromatic N) is 2. The summed E-state index contributed by atoms with van der Waals surface area (Å²) in [5.74, 6) is 0.678. The van der Waals surface area contributed by atoms with Crippen molar-refractivity contribution < 1.29 is 8.42 Å². The Hall–Kier alpha value is -0.520. The summed E-state index contributed by atoms with van der Waals surface area (Å²) in [4.78, 5) is 0.358. The highest BCUT2D eigenvalue weighted by atomic mass is 35.5. The van der Waals surface area contributed by atoms with Crippen LogP contribution in [0.25, 0.3) is 0 Å². The van der Waals surface area contributed by atoms with Crippen LogP contribution in [0.5, 0.6) is 0 Å². The molecule has 0 saturated heterocycles. The van der Waals surface area contributed by atoms with Crippen LogP contribution in [0.1, 0.15) is 46.2 Å². The SMILES string of the molecule is CCCn1cc(S(=O)(=O)N(CC)CC(C)CC)cc1CCl. The minimum absolute atomic E-state index is 0.326. The second-order valence-corrected chi connectivity index (χ2v) is 7.67. The van der Waals surface area contributed by atoms with Gasteiger partial charge in [0.1, 0.15) is 4.90 Å². The van der Waals surface area contributed by atoms with Crippen molar-refractivity contribution in [3.05, 3.63) is 18.0 Å². The van der Waals surface area contributed by atoms with Gasteiger partial charge in [-0.1, -0.05) is 34.1 Å². The van der Waals surface area contributed by atoms with Gasteiger partial charge in [-0.3, -0.25) is 0 Å². The summed E-state index contributed by atoms with van der Waals surface area (Å²) in [6, 6.07) is 1.71. The molecule has 0 spiro atoms. The smallest absolute Gasteiger partial charge is 0.244 e. The first kappa shape index (κ1) is 18.5. The van der Waals surface area contributed by atoms with E-state index in [9.17, 15) is 8.42 Å². The fourth-order valence-corrected chi connectivity index (χ4v) is 4.11. The average molecular weight is 335 g/mol. The van der Waals surface area contributed by atoms with E-state index in [-0.39, 0.29) is 0 Å². The van der Waals surface area contributed by atoms with Crippen molar-refractivity contribution in [2.24, 2.45) is 5.92 Å². The first-order chi connectivity index (χ1) is 9.90. The lowest BCUT2D eigenvalue weighted by Crippen LogP contribution is -2.34. The summed E-state index contributed by atoms with van der Waals surface area (Å²) in [6.45, 7) is 9.93. The van der Waals surface area contributed by atoms with E-state index in [4.69, 9.17) is 11.6 Å². The molecule has 0 radical (unpaired) electrons. The number of halogens is 1. The second kappa shape index (κ2) is 8.20. The molecule has 21 heavy (non-hydrogen) atoms. The molecule has 0 aromatic carbocycles. The van der Waals surface area contributed by atoms with Crippen LogP contribution in [0.3, 0.4) is 0 Å². The fourth-order valence-electron chi connectivity index (χ4n) is 2.25. The van der Waals surface area contributed by atoms with E-state index in [1.165, 1.54) is 0 Å². The molecule has 1 unspecified atom stereocenters. The standard InChI is InChI=1S/C15H27ClN2O2S/c1-5-8-17-12-15(9-14(17)10-16)21(19,20)18(7-3)11-13(4)6-2/h9,12-13H,5-8,10-11H2,1-4H3. The Balaban J connectivity index is 3.10. The van der Waals surface area contributed by atoms with Crippen molar-refractivity contribution in [3.8, 4) is 0 Å². The summed E-state index contributed by atoms with van der Waals surface area (Å²) < 4.78 is 29.0. The highest BCUT2D eigenvalue weighted by molar-refractivity contribution is 7.89. The van der Waals surface area contributed by atoms with Gasteiger partial charge in [0.15, 0.2) is 0 Å². The van der Waals surface area contributed by atoms with Gasteiger partial charge in [0.2, 0.25) is 10.0 Å². The molecule has 1 rings (SSSR count). The van der Waals surface area contributed by atoms with Gasteiger partial charge in [-0.05, 0) is 18.4 Å². The Labute approximate surface area is 134 Å². The minimum atomic E-state index is -3.43. The number of alkyl halides is 1. The van der Waals surface area contributed by atoms with Gasteiger partial charge in [-0.2, -0.15) is 4.31 Å². The van der Waals surface area contributed by atoms with E-state index < -0.39 is 10.0 Å². The van der Waals surface area contributed by atoms with Crippen molar-refractivity contribution in [1.82, 2.24) is 8.87 Å². The molecule has 0 aliphatic heterocycles. The Morgan fingerprint density at radius 1 is 1.33 bits per heavy atom. The zero-order chi connectivity index (χ0) is 16.0. The van der Waals surface area contributed by atoms with Gasteiger partial charge in [0.25, 0.3) is 0 Å². The monoisotopic (exact) mass is 334 g/mol. The fraction of sp³-hybridized carbons (Fsp3) is 0.733. The van der Waals surface area contributed by atoms with Gasteiger partial charge >= 0.3 is 0 Å². The maximum absolute atomic E-state index is 12.8. The second-order valence-electron chi connectivity index (χ2n) is 5.46. The third kappa shape index (κ3) is 4.47. The predicted molar refractivity (Wildman–Crippen MR) is 88.2 cm³/mol. The zero-order valence-electron chi connectivity index (χ0n) is 13.5. The van der Waals surface area contributed by atoms with E-state index in [1.807, 2.05) is 11.5 Å². The normalized spacial score (nSPS) is 13.8. The molecule has 0 fully saturated rings. The Morgan fingerprint density at radius 3 is 2.48 bits per heavy atom. The molecule has 0 amide bonds. The highest BCUT2D eigenvalue weighted by Crippen LogP contribution is 2.22. The largest absolute Gasteiger partial charge is 0.349 e. The van der Waals surface area contributed by atoms with Crippen molar-refractivity contribution in [3.63, 3.8) is 0 Å². The van der Waals surface area contributed by atoms with Gasteiger partial charge in [0, 0.05) is 31.5 Å². The average Bonchev–Trinajstić information content (AvgIpc) is 2.88. The number of aryl methyl sites for hydroxylation is 1. The molecule has 4 nitrogen and oxygen atoms in total. The Bertz CT molecular complexity index is 540. The van der Waals surface area contributed by atoms with Crippen molar-refractivity contribution in [2.75, 3.05) is 13.1 Å². The van der Waals surface area contributed by atoms with Crippen LogP contribution >= 0.6 is 11.6 Å². The first-order valence-corrected chi connectivity index (χ1v) is 9.63. The van der Waals surface area contributed by atoms with Crippen LogP contribution < -0.4 is 0 Å². The number of hydrogen-bond donors (Lipinski definition) is 0. The maximum Gasteiger partial charge on any atom is 0.244 e. The molecular formula is C15H27ClN2O2S. The van der Waals surface area contributed by atoms with Gasteiger partial charge in [0.05, 0.1) is 5.88 Å². The third-order valence-electron chi connectivity index (χ3n) is 3.76. The van der Waals surface area contributed by atoms with Crippen molar-refractivity contribution in [2.45, 2.75) is 57.9 Å². The lowest BCUT2D eigenvalue weighted by atomic mass is 10.1. The van der Waals surface area contributed by atoms with Crippen LogP contribution in [-0.2, 0) is 22.4 Å². The molecule has 1 aromatic rings. The molecule has 1 aromatic heterocycles. The summed E-state index contributed by atoms with van der Waals surface area (Å²) in [6.07, 6.45) is 3.63. The molecule has 6 heteroatoms. The third-order valence-corrected chi connectivity index (χ3v) is 5.94. The summed E-state index contributed by atoms with van der Waals surface area (Å²) >= 11 is 5.92. The van der Waals surface area contributed by atoms with Crippen molar-refractivity contribution >= 4 is 21.6 Å². The van der Waals surface area contributed by atoms with Gasteiger partial charge < -0.3 is 4.57 Å². The molecule has 1 atom stereocenters. The maximum atomic E-state index is 12.8. The van der Waals surface area contributed by atoms with E-state index in [0.717, 1.165) is 25.1 Å². The summed E-state index contributed by atoms with van der Waals surface area (Å²) in [5, 5.41) is 0. The summed E-state index contributed by atoms with van der Waals surface area (Å²) in [5.41, 5.74) is 0.858. The van der Waals surface area contributed by atoms with Crippen LogP contribution in [0.4, 0.5) is 0 Å². The Morgan fingerprint density at radius 2 is 2.00 bits per heavy atom. The molecular weight excluding hydrogens is 308 g/mol. The van der Waals surface area contributed by atoms with Crippen LogP contribution in [0.15, 0.2) is 17.2 Å². The summed E-state index contributed by atoms with van der Waals surface area (Å²) in [7, 11) is -3.43.